The number of hydrogen-bond acceptors (Lipinski definition) is 6. The molecule has 4 unspecified atom stereocenters. The maximum absolute atomic E-state index is 12.7. The highest BCUT2D eigenvalue weighted by atomic mass is 79.9. The average molecular weight is 709 g/mol. The smallest absolute Gasteiger partial charge is 0.335 e. The summed E-state index contributed by atoms with van der Waals surface area (Å²) >= 11 is 13.5. The summed E-state index contributed by atoms with van der Waals surface area (Å²) in [5.74, 6) is 2.59. The maximum atomic E-state index is 12.7. The van der Waals surface area contributed by atoms with Gasteiger partial charge in [-0.1, -0.05) is 17.4 Å². The molecule has 0 spiro atoms. The van der Waals surface area contributed by atoms with E-state index in [1.807, 2.05) is 0 Å². The number of ether oxygens (including phenoxy) is 1. The van der Waals surface area contributed by atoms with Gasteiger partial charge in [0.25, 0.3) is 0 Å². The predicted octanol–water partition coefficient (Wildman–Crippen LogP) is 6.37. The van der Waals surface area contributed by atoms with Gasteiger partial charge in [-0.2, -0.15) is 0 Å². The van der Waals surface area contributed by atoms with Crippen molar-refractivity contribution in [1.29, 1.82) is 0 Å². The molecule has 12 heteroatoms. The first-order valence-corrected chi connectivity index (χ1v) is 12.6. The Bertz CT molecular complexity index is 1250. The lowest BCUT2D eigenvalue weighted by Crippen LogP contribution is -2.50. The summed E-state index contributed by atoms with van der Waals surface area (Å²) in [6.45, 7) is 1.77. The van der Waals surface area contributed by atoms with Gasteiger partial charge in [-0.15, -0.1) is 5.11 Å². The first-order chi connectivity index (χ1) is 15.5. The number of allylic oxidation sites excluding steroid dienone is 4. The van der Waals surface area contributed by atoms with E-state index in [0.29, 0.717) is 30.5 Å². The molecule has 1 fully saturated rings. The summed E-state index contributed by atoms with van der Waals surface area (Å²) < 4.78 is 7.72. The van der Waals surface area contributed by atoms with Crippen LogP contribution in [0.2, 0.25) is 0 Å². The van der Waals surface area contributed by atoms with E-state index in [-0.39, 0.29) is 21.6 Å². The number of ketones is 1. The molecule has 33 heavy (non-hydrogen) atoms. The highest BCUT2D eigenvalue weighted by molar-refractivity contribution is 9.13. The van der Waals surface area contributed by atoms with Crippen molar-refractivity contribution in [3.63, 3.8) is 0 Å². The number of aliphatic hydroxyl groups excluding tert-OH is 1. The molecule has 0 amide bonds. The van der Waals surface area contributed by atoms with Crippen molar-refractivity contribution >= 4 is 81.2 Å². The van der Waals surface area contributed by atoms with Crippen molar-refractivity contribution in [2.45, 2.75) is 18.4 Å². The van der Waals surface area contributed by atoms with Crippen LogP contribution < -0.4 is 5.84 Å². The lowest BCUT2D eigenvalue weighted by molar-refractivity contribution is -0.112. The number of carboxylic acids is 1. The van der Waals surface area contributed by atoms with Crippen LogP contribution in [0.1, 0.15) is 28.8 Å². The Kier molecular flexibility index (Phi) is 6.49. The van der Waals surface area contributed by atoms with E-state index in [9.17, 15) is 19.8 Å². The van der Waals surface area contributed by atoms with Gasteiger partial charge in [-0.05, 0) is 94.4 Å². The second-order valence-corrected chi connectivity index (χ2v) is 11.1. The molecule has 4 rings (SSSR count). The summed E-state index contributed by atoms with van der Waals surface area (Å²) in [6, 6.07) is 4.58. The molecule has 0 bridgehead atoms. The molecule has 8 nitrogen and oxygen atoms in total. The second-order valence-electron chi connectivity index (χ2n) is 7.78. The van der Waals surface area contributed by atoms with Crippen molar-refractivity contribution in [2.24, 2.45) is 28.0 Å². The monoisotopic (exact) mass is 705 g/mol. The highest BCUT2D eigenvalue weighted by Crippen LogP contribution is 2.59. The molecule has 0 radical (unpaired) electrons. The number of carboxylic acid groups (broad SMARTS) is 1. The van der Waals surface area contributed by atoms with E-state index in [0.717, 1.165) is 0 Å². The quantitative estimate of drug-likeness (QED) is 0.190. The Morgan fingerprint density at radius 3 is 2.52 bits per heavy atom. The minimum Gasteiger partial charge on any atom is -0.506 e. The molecular formula is C21H15Br4N3O5. The van der Waals surface area contributed by atoms with Gasteiger partial charge in [0.2, 0.25) is 5.78 Å². The number of aliphatic hydroxyl groups is 1. The number of hydrogen-bond donors (Lipinski definition) is 3. The second kappa shape index (κ2) is 8.79. The summed E-state index contributed by atoms with van der Waals surface area (Å²) in [5.41, 5.74) is -0.243. The van der Waals surface area contributed by atoms with Gasteiger partial charge < -0.3 is 20.8 Å². The third kappa shape index (κ3) is 3.84. The number of carbonyl (C=O) groups excluding carboxylic acids is 1. The highest BCUT2D eigenvalue weighted by Gasteiger charge is 2.56. The van der Waals surface area contributed by atoms with Crippen LogP contribution in [0.3, 0.4) is 0 Å². The fraction of sp³-hybridized carbons (Fsp3) is 0.238. The number of halogens is 4. The van der Waals surface area contributed by atoms with Crippen molar-refractivity contribution in [1.82, 2.24) is 0 Å². The molecule has 1 aliphatic heterocycles. The largest absolute Gasteiger partial charge is 0.506 e. The van der Waals surface area contributed by atoms with E-state index < -0.39 is 29.3 Å². The minimum absolute atomic E-state index is 0.0503. The fourth-order valence-corrected chi connectivity index (χ4v) is 7.10. The normalized spacial score (nSPS) is 29.4. The van der Waals surface area contributed by atoms with Gasteiger partial charge in [0.1, 0.15) is 21.6 Å². The molecule has 1 aromatic rings. The van der Waals surface area contributed by atoms with Crippen molar-refractivity contribution in [2.75, 3.05) is 0 Å². The average Bonchev–Trinajstić information content (AvgIpc) is 2.77. The zero-order chi connectivity index (χ0) is 24.2. The van der Waals surface area contributed by atoms with Crippen LogP contribution >= 0.6 is 63.7 Å². The lowest BCUT2D eigenvalue weighted by atomic mass is 9.64. The van der Waals surface area contributed by atoms with Gasteiger partial charge in [-0.25, -0.2) is 4.79 Å². The Morgan fingerprint density at radius 1 is 1.18 bits per heavy atom. The molecular weight excluding hydrogens is 694 g/mol. The van der Waals surface area contributed by atoms with Crippen molar-refractivity contribution in [3.05, 3.63) is 70.9 Å². The lowest BCUT2D eigenvalue weighted by Gasteiger charge is -2.51. The number of Topliss-reactive ketones (excluding diaryl/α,β-unsaturated/α-hetero) is 1. The summed E-state index contributed by atoms with van der Waals surface area (Å²) in [7, 11) is 0. The number of carbonyl (C=O) groups is 2. The fourth-order valence-electron chi connectivity index (χ4n) is 4.48. The van der Waals surface area contributed by atoms with Crippen LogP contribution in [-0.2, 0) is 9.53 Å². The molecule has 2 aliphatic carbocycles. The molecule has 1 heterocycles. The van der Waals surface area contributed by atoms with Gasteiger partial charge in [-0.3, -0.25) is 4.79 Å². The van der Waals surface area contributed by atoms with Crippen molar-refractivity contribution < 1.29 is 24.5 Å². The Morgan fingerprint density at radius 2 is 1.88 bits per heavy atom. The van der Waals surface area contributed by atoms with E-state index >= 15 is 0 Å². The Labute approximate surface area is 221 Å². The number of fused-ring (bicyclic) bond motifs is 2. The topological polar surface area (TPSA) is 135 Å². The zero-order valence-corrected chi connectivity index (χ0v) is 23.1. The van der Waals surface area contributed by atoms with Crippen LogP contribution in [0.4, 0.5) is 5.69 Å². The molecule has 1 aromatic carbocycles. The summed E-state index contributed by atoms with van der Waals surface area (Å²) in [5, 5.41) is 27.8. The Balaban J connectivity index is 2.06. The number of rotatable bonds is 3. The Hall–Kier alpha value is -1.76. The van der Waals surface area contributed by atoms with Gasteiger partial charge >= 0.3 is 5.97 Å². The predicted molar refractivity (Wildman–Crippen MR) is 135 cm³/mol. The standard InChI is InChI=1S/C21H15Br4N3O5/c1-21-11(6-13(23)17(30)19(21)25)14(10-5-12(22)16(29)15(24)18(10)33-21)9-4-7(27-28-26)2-3-8(9)20(31)32/h2-6,10-11,14,30H,1H3,(H2,26,27)(H,31,32). The molecule has 3 aliphatic rings. The van der Waals surface area contributed by atoms with E-state index in [1.54, 1.807) is 25.1 Å². The van der Waals surface area contributed by atoms with Crippen LogP contribution in [-0.4, -0.2) is 27.6 Å². The van der Waals surface area contributed by atoms with Crippen LogP contribution in [0.5, 0.6) is 0 Å². The molecule has 1 saturated heterocycles. The summed E-state index contributed by atoms with van der Waals surface area (Å²) in [6.07, 6.45) is 3.50. The molecule has 0 aromatic heterocycles. The minimum atomic E-state index is -1.14. The first kappa shape index (κ1) is 24.4. The van der Waals surface area contributed by atoms with Gasteiger partial charge in [0.15, 0.2) is 0 Å². The maximum Gasteiger partial charge on any atom is 0.335 e. The van der Waals surface area contributed by atoms with E-state index in [1.165, 1.54) is 12.1 Å². The first-order valence-electron chi connectivity index (χ1n) is 9.47. The zero-order valence-electron chi connectivity index (χ0n) is 16.7. The molecule has 4 N–H and O–H groups in total. The molecule has 172 valence electrons. The van der Waals surface area contributed by atoms with Crippen LogP contribution in [0.15, 0.2) is 70.1 Å². The van der Waals surface area contributed by atoms with E-state index in [4.69, 9.17) is 10.6 Å². The third-order valence-corrected chi connectivity index (χ3v) is 9.16. The van der Waals surface area contributed by atoms with E-state index in [2.05, 4.69) is 74.1 Å². The number of benzene rings is 1. The van der Waals surface area contributed by atoms with Crippen molar-refractivity contribution in [3.8, 4) is 0 Å². The SMILES string of the molecule is CC12OC3=C(Br)C(=O)C(Br)=CC3C(c3cc(N=NN)ccc3C(=O)O)C1C=C(Br)C(O)=C2Br. The van der Waals surface area contributed by atoms with Crippen LogP contribution in [0.25, 0.3) is 0 Å². The molecule has 4 atom stereocenters. The number of nitrogens with zero attached hydrogens (tertiary/aromatic N) is 2. The van der Waals surface area contributed by atoms with Crippen LogP contribution in [0, 0.1) is 11.8 Å². The summed E-state index contributed by atoms with van der Waals surface area (Å²) in [4.78, 5) is 24.9. The third-order valence-electron chi connectivity index (χ3n) is 5.99. The number of nitrogens with two attached hydrogens (primary N) is 1. The number of aromatic carboxylic acids is 1. The molecule has 0 saturated carbocycles. The van der Waals surface area contributed by atoms with Gasteiger partial charge in [0.05, 0.1) is 24.7 Å². The van der Waals surface area contributed by atoms with Gasteiger partial charge in [0, 0.05) is 17.8 Å².